The number of benzene rings is 1. The fraction of sp³-hybridized carbons (Fsp3) is 0.154. The van der Waals surface area contributed by atoms with Crippen molar-refractivity contribution in [2.45, 2.75) is 6.54 Å². The summed E-state index contributed by atoms with van der Waals surface area (Å²) in [5.41, 5.74) is 0.745. The van der Waals surface area contributed by atoms with Crippen LogP contribution in [0.5, 0.6) is 11.5 Å². The predicted octanol–water partition coefficient (Wildman–Crippen LogP) is 0.724. The van der Waals surface area contributed by atoms with Crippen LogP contribution in [0.1, 0.15) is 0 Å². The summed E-state index contributed by atoms with van der Waals surface area (Å²) >= 11 is 0. The van der Waals surface area contributed by atoms with Gasteiger partial charge in [-0.2, -0.15) is 5.10 Å². The first kappa shape index (κ1) is 12.2. The third kappa shape index (κ3) is 2.20. The van der Waals surface area contributed by atoms with E-state index in [1.807, 2.05) is 0 Å². The minimum atomic E-state index is -1.12. The third-order valence-corrected chi connectivity index (χ3v) is 2.82. The van der Waals surface area contributed by atoms with Crippen molar-refractivity contribution in [3.63, 3.8) is 0 Å². The fourth-order valence-corrected chi connectivity index (χ4v) is 1.90. The Balaban J connectivity index is 2.02. The molecule has 0 fully saturated rings. The molecule has 3 rings (SSSR count). The van der Waals surface area contributed by atoms with E-state index in [4.69, 9.17) is 14.6 Å². The molecule has 7 nitrogen and oxygen atoms in total. The molecular formula is C13H10N2O5. The lowest BCUT2D eigenvalue weighted by Gasteiger charge is -2.05. The van der Waals surface area contributed by atoms with E-state index in [2.05, 4.69) is 5.10 Å². The quantitative estimate of drug-likeness (QED) is 0.887. The SMILES string of the molecule is O=C(O)Cn1nc(-c2ccc3c(c2)OCO3)ccc1=O. The zero-order valence-corrected chi connectivity index (χ0v) is 10.3. The van der Waals surface area contributed by atoms with Crippen LogP contribution in [0, 0.1) is 0 Å². The Labute approximate surface area is 113 Å². The third-order valence-electron chi connectivity index (χ3n) is 2.82. The minimum absolute atomic E-state index is 0.171. The molecule has 1 aromatic heterocycles. The van der Waals surface area contributed by atoms with Crippen LogP contribution in [0.15, 0.2) is 35.1 Å². The molecule has 1 aromatic carbocycles. The summed E-state index contributed by atoms with van der Waals surface area (Å²) in [6.07, 6.45) is 0. The van der Waals surface area contributed by atoms with E-state index in [0.717, 1.165) is 4.68 Å². The Bertz CT molecular complexity index is 738. The standard InChI is InChI=1S/C13H10N2O5/c16-12-4-2-9(14-15(12)6-13(17)18)8-1-3-10-11(5-8)20-7-19-10/h1-5H,6-7H2,(H,17,18). The Kier molecular flexibility index (Phi) is 2.86. The lowest BCUT2D eigenvalue weighted by molar-refractivity contribution is -0.138. The van der Waals surface area contributed by atoms with Crippen molar-refractivity contribution in [2.75, 3.05) is 6.79 Å². The molecule has 1 aliphatic rings. The topological polar surface area (TPSA) is 90.7 Å². The van der Waals surface area contributed by atoms with Crippen LogP contribution in [0.3, 0.4) is 0 Å². The number of aromatic nitrogens is 2. The predicted molar refractivity (Wildman–Crippen MR) is 67.7 cm³/mol. The Hall–Kier alpha value is -2.83. The van der Waals surface area contributed by atoms with E-state index in [1.165, 1.54) is 12.1 Å². The summed E-state index contributed by atoms with van der Waals surface area (Å²) in [6, 6.07) is 8.08. The monoisotopic (exact) mass is 274 g/mol. The number of hydrogen-bond donors (Lipinski definition) is 1. The van der Waals surface area contributed by atoms with Gasteiger partial charge in [-0.15, -0.1) is 0 Å². The summed E-state index contributed by atoms with van der Waals surface area (Å²) < 4.78 is 11.4. The summed E-state index contributed by atoms with van der Waals surface area (Å²) in [6.45, 7) is -0.304. The van der Waals surface area contributed by atoms with Gasteiger partial charge in [0.2, 0.25) is 6.79 Å². The number of carbonyl (C=O) groups is 1. The molecular weight excluding hydrogens is 264 g/mol. The number of rotatable bonds is 3. The van der Waals surface area contributed by atoms with Gasteiger partial charge >= 0.3 is 5.97 Å². The van der Waals surface area contributed by atoms with Crippen molar-refractivity contribution >= 4 is 5.97 Å². The average Bonchev–Trinajstić information content (AvgIpc) is 2.88. The molecule has 7 heteroatoms. The molecule has 0 atom stereocenters. The maximum atomic E-state index is 11.5. The zero-order chi connectivity index (χ0) is 14.1. The molecule has 2 heterocycles. The van der Waals surface area contributed by atoms with Crippen LogP contribution in [-0.2, 0) is 11.3 Å². The first-order valence-corrected chi connectivity index (χ1v) is 5.83. The highest BCUT2D eigenvalue weighted by molar-refractivity contribution is 5.67. The lowest BCUT2D eigenvalue weighted by atomic mass is 10.1. The van der Waals surface area contributed by atoms with Crippen molar-refractivity contribution < 1.29 is 19.4 Å². The summed E-state index contributed by atoms with van der Waals surface area (Å²) in [5.74, 6) is 0.121. The largest absolute Gasteiger partial charge is 0.480 e. The number of nitrogens with zero attached hydrogens (tertiary/aromatic N) is 2. The number of ether oxygens (including phenoxy) is 2. The molecule has 2 aromatic rings. The van der Waals surface area contributed by atoms with Gasteiger partial charge in [0.05, 0.1) is 5.69 Å². The van der Waals surface area contributed by atoms with Crippen molar-refractivity contribution in [1.82, 2.24) is 9.78 Å². The smallest absolute Gasteiger partial charge is 0.325 e. The normalized spacial score (nSPS) is 12.4. The molecule has 0 radical (unpaired) electrons. The molecule has 0 spiro atoms. The minimum Gasteiger partial charge on any atom is -0.480 e. The number of carboxylic acids is 1. The van der Waals surface area contributed by atoms with E-state index < -0.39 is 18.1 Å². The number of hydrogen-bond acceptors (Lipinski definition) is 5. The number of fused-ring (bicyclic) bond motifs is 1. The maximum absolute atomic E-state index is 11.5. The van der Waals surface area contributed by atoms with Crippen LogP contribution in [0.4, 0.5) is 0 Å². The Morgan fingerprint density at radius 1 is 1.25 bits per heavy atom. The van der Waals surface area contributed by atoms with E-state index in [0.29, 0.717) is 22.8 Å². The number of carboxylic acid groups (broad SMARTS) is 1. The van der Waals surface area contributed by atoms with E-state index >= 15 is 0 Å². The molecule has 0 amide bonds. The van der Waals surface area contributed by atoms with Crippen LogP contribution in [0.2, 0.25) is 0 Å². The molecule has 0 aliphatic carbocycles. The first-order valence-electron chi connectivity index (χ1n) is 5.83. The van der Waals surface area contributed by atoms with E-state index in [-0.39, 0.29) is 6.79 Å². The van der Waals surface area contributed by atoms with Crippen LogP contribution < -0.4 is 15.0 Å². The second-order valence-corrected chi connectivity index (χ2v) is 4.18. The zero-order valence-electron chi connectivity index (χ0n) is 10.3. The van der Waals surface area contributed by atoms with Crippen molar-refractivity contribution in [3.8, 4) is 22.8 Å². The lowest BCUT2D eigenvalue weighted by Crippen LogP contribution is -2.26. The number of aliphatic carboxylic acids is 1. The molecule has 0 bridgehead atoms. The molecule has 1 N–H and O–H groups in total. The first-order chi connectivity index (χ1) is 9.63. The van der Waals surface area contributed by atoms with Crippen molar-refractivity contribution in [2.24, 2.45) is 0 Å². The van der Waals surface area contributed by atoms with Gasteiger partial charge in [-0.05, 0) is 24.3 Å². The Morgan fingerprint density at radius 2 is 2.05 bits per heavy atom. The molecule has 0 unspecified atom stereocenters. The van der Waals surface area contributed by atoms with Gasteiger partial charge < -0.3 is 14.6 Å². The fourth-order valence-electron chi connectivity index (χ4n) is 1.90. The molecule has 0 saturated heterocycles. The Morgan fingerprint density at radius 3 is 2.85 bits per heavy atom. The van der Waals surface area contributed by atoms with E-state index in [9.17, 15) is 9.59 Å². The van der Waals surface area contributed by atoms with Gasteiger partial charge in [0, 0.05) is 11.6 Å². The highest BCUT2D eigenvalue weighted by Crippen LogP contribution is 2.35. The van der Waals surface area contributed by atoms with Gasteiger partial charge in [0.1, 0.15) is 6.54 Å². The summed E-state index contributed by atoms with van der Waals surface area (Å²) in [4.78, 5) is 22.2. The molecule has 102 valence electrons. The summed E-state index contributed by atoms with van der Waals surface area (Å²) in [7, 11) is 0. The van der Waals surface area contributed by atoms with Gasteiger partial charge in [0.25, 0.3) is 5.56 Å². The van der Waals surface area contributed by atoms with E-state index in [1.54, 1.807) is 18.2 Å². The van der Waals surface area contributed by atoms with Crippen molar-refractivity contribution in [3.05, 3.63) is 40.7 Å². The van der Waals surface area contributed by atoms with Crippen molar-refractivity contribution in [1.29, 1.82) is 0 Å². The summed E-state index contributed by atoms with van der Waals surface area (Å²) in [5, 5.41) is 12.8. The van der Waals surface area contributed by atoms with Crippen LogP contribution in [-0.4, -0.2) is 27.6 Å². The molecule has 1 aliphatic heterocycles. The molecule has 0 saturated carbocycles. The van der Waals surface area contributed by atoms with Crippen LogP contribution >= 0.6 is 0 Å². The highest BCUT2D eigenvalue weighted by atomic mass is 16.7. The van der Waals surface area contributed by atoms with Gasteiger partial charge in [-0.1, -0.05) is 0 Å². The average molecular weight is 274 g/mol. The maximum Gasteiger partial charge on any atom is 0.325 e. The van der Waals surface area contributed by atoms with Gasteiger partial charge in [-0.25, -0.2) is 4.68 Å². The van der Waals surface area contributed by atoms with Gasteiger partial charge in [-0.3, -0.25) is 9.59 Å². The van der Waals surface area contributed by atoms with Crippen LogP contribution in [0.25, 0.3) is 11.3 Å². The second kappa shape index (κ2) is 4.69. The second-order valence-electron chi connectivity index (χ2n) is 4.18. The molecule has 20 heavy (non-hydrogen) atoms. The van der Waals surface area contributed by atoms with Gasteiger partial charge in [0.15, 0.2) is 11.5 Å². The highest BCUT2D eigenvalue weighted by Gasteiger charge is 2.15.